The Morgan fingerprint density at radius 2 is 0.750 bits per heavy atom. The van der Waals surface area contributed by atoms with Crippen LogP contribution in [-0.4, -0.2) is 50.5 Å². The maximum atomic E-state index is 10.9. The van der Waals surface area contributed by atoms with Crippen molar-refractivity contribution >= 4 is 53.2 Å². The van der Waals surface area contributed by atoms with Gasteiger partial charge in [0.1, 0.15) is 23.0 Å². The highest BCUT2D eigenvalue weighted by molar-refractivity contribution is 6.30. The Labute approximate surface area is 395 Å². The van der Waals surface area contributed by atoms with E-state index in [0.717, 1.165) is 27.5 Å². The van der Waals surface area contributed by atoms with Crippen molar-refractivity contribution in [2.24, 2.45) is 0 Å². The maximum absolute atomic E-state index is 10.9. The molecule has 0 unspecified atom stereocenters. The highest BCUT2D eigenvalue weighted by atomic mass is 35.5. The quantitative estimate of drug-likeness (QED) is 0.0615. The van der Waals surface area contributed by atoms with Crippen molar-refractivity contribution < 1.29 is 44.5 Å². The molecule has 0 amide bonds. The van der Waals surface area contributed by atoms with Crippen molar-refractivity contribution in [3.63, 3.8) is 0 Å². The maximum Gasteiger partial charge on any atom is 0.270 e. The molecule has 0 spiro atoms. The number of hydrogen-bond donors (Lipinski definition) is 4. The normalized spacial score (nSPS) is 10.1. The summed E-state index contributed by atoms with van der Waals surface area (Å²) < 4.78 is 0. The molecule has 0 saturated carbocycles. The van der Waals surface area contributed by atoms with Crippen LogP contribution in [0.2, 0.25) is 5.02 Å². The van der Waals surface area contributed by atoms with Crippen LogP contribution in [0.15, 0.2) is 194 Å². The Morgan fingerprint density at radius 1 is 0.382 bits per heavy atom. The number of phenols is 4. The Balaban J connectivity index is 0.000000150. The van der Waals surface area contributed by atoms with Crippen LogP contribution in [0.1, 0.15) is 41.4 Å². The number of nitrogens with zero attached hydrogens (tertiary/aromatic N) is 1. The zero-order chi connectivity index (χ0) is 48.6. The summed E-state index contributed by atoms with van der Waals surface area (Å²) in [6, 6.07) is 56.4. The van der Waals surface area contributed by atoms with Crippen LogP contribution in [0.25, 0.3) is 55.3 Å². The standard InChI is InChI=1S/C17H12O2.C13H9ClO2.C13H9NO4.C13H10O2/c18-11-13-7-4-10-16(17(13)19)15-9-3-6-12-5-1-2-8-14(12)15;14-11-5-1-3-9(7-11)12-6-2-4-10(8-15)13(12)16;15-8-10-4-2-6-12(13(10)16)9-3-1-5-11(7-9)14(17)18;14-9-11-7-4-8-12(13(11)15)10-5-2-1-3-6-10/h1-11,19H;1-8,16H;1-8,16H;1-9,15H. The van der Waals surface area contributed by atoms with E-state index in [1.54, 1.807) is 84.9 Å². The first kappa shape index (κ1) is 48.3. The average Bonchev–Trinajstić information content (AvgIpc) is 3.37. The van der Waals surface area contributed by atoms with Gasteiger partial charge in [-0.15, -0.1) is 0 Å². The van der Waals surface area contributed by atoms with Gasteiger partial charge < -0.3 is 20.4 Å². The number of aldehydes is 4. The predicted octanol–water partition coefficient (Wildman–Crippen LogP) is 13.2. The van der Waals surface area contributed by atoms with E-state index in [4.69, 9.17) is 11.6 Å². The first-order valence-corrected chi connectivity index (χ1v) is 21.0. The minimum Gasteiger partial charge on any atom is -0.507 e. The Kier molecular flexibility index (Phi) is 16.4. The molecule has 9 rings (SSSR count). The Morgan fingerprint density at radius 3 is 1.25 bits per heavy atom. The van der Waals surface area contributed by atoms with Crippen LogP contribution in [-0.2, 0) is 0 Å². The number of hydrogen-bond acceptors (Lipinski definition) is 10. The summed E-state index contributed by atoms with van der Waals surface area (Å²) in [7, 11) is 0. The predicted molar refractivity (Wildman–Crippen MR) is 265 cm³/mol. The number of carbonyl (C=O) groups excluding carboxylic acids is 4. The summed E-state index contributed by atoms with van der Waals surface area (Å²) in [6.07, 6.45) is 2.49. The fourth-order valence-electron chi connectivity index (χ4n) is 7.06. The first-order valence-electron chi connectivity index (χ1n) is 20.6. The van der Waals surface area contributed by atoms with Gasteiger partial charge in [0, 0.05) is 39.4 Å². The molecule has 9 aromatic carbocycles. The third kappa shape index (κ3) is 11.5. The summed E-state index contributed by atoms with van der Waals surface area (Å²) in [4.78, 5) is 53.1. The van der Waals surface area contributed by atoms with Gasteiger partial charge in [0.2, 0.25) is 0 Å². The number of fused-ring (bicyclic) bond motifs is 1. The van der Waals surface area contributed by atoms with Crippen LogP contribution >= 0.6 is 11.6 Å². The van der Waals surface area contributed by atoms with Crippen molar-refractivity contribution in [3.8, 4) is 67.5 Å². The van der Waals surface area contributed by atoms with E-state index in [1.165, 1.54) is 24.3 Å². The summed E-state index contributed by atoms with van der Waals surface area (Å²) in [5, 5.41) is 53.1. The second-order valence-electron chi connectivity index (χ2n) is 14.7. The molecule has 0 radical (unpaired) electrons. The van der Waals surface area contributed by atoms with E-state index in [1.807, 2.05) is 84.9 Å². The second-order valence-corrected chi connectivity index (χ2v) is 15.1. The van der Waals surface area contributed by atoms with E-state index in [2.05, 4.69) is 0 Å². The van der Waals surface area contributed by atoms with E-state index in [9.17, 15) is 49.7 Å². The lowest BCUT2D eigenvalue weighted by molar-refractivity contribution is -0.384. The number of carbonyl (C=O) groups is 4. The van der Waals surface area contributed by atoms with E-state index >= 15 is 0 Å². The number of aromatic hydroxyl groups is 4. The largest absolute Gasteiger partial charge is 0.507 e. The molecule has 0 fully saturated rings. The number of non-ortho nitro benzene ring substituents is 1. The SMILES string of the molecule is O=Cc1cccc(-c2cccc(Cl)c2)c1O.O=Cc1cccc(-c2cccc([N+](=O)[O-])c2)c1O.O=Cc1cccc(-c2cccc3ccccc23)c1O.O=Cc1cccc(-c2ccccc2)c1O. The third-order valence-corrected chi connectivity index (χ3v) is 10.7. The minimum atomic E-state index is -0.510. The van der Waals surface area contributed by atoms with Gasteiger partial charge in [-0.2, -0.15) is 0 Å². The molecule has 68 heavy (non-hydrogen) atoms. The van der Waals surface area contributed by atoms with Gasteiger partial charge in [-0.25, -0.2) is 0 Å². The summed E-state index contributed by atoms with van der Waals surface area (Å²) >= 11 is 5.87. The molecule has 0 heterocycles. The number of rotatable bonds is 9. The van der Waals surface area contributed by atoms with Crippen LogP contribution in [0.3, 0.4) is 0 Å². The van der Waals surface area contributed by atoms with Crippen molar-refractivity contribution in [2.45, 2.75) is 0 Å². The molecule has 0 aromatic heterocycles. The number of nitro benzene ring substituents is 1. The monoisotopic (exact) mass is 921 g/mol. The van der Waals surface area contributed by atoms with Crippen LogP contribution < -0.4 is 0 Å². The molecule has 4 N–H and O–H groups in total. The molecule has 0 saturated heterocycles. The van der Waals surface area contributed by atoms with E-state index in [-0.39, 0.29) is 39.8 Å². The minimum absolute atomic E-state index is 0.0141. The van der Waals surface area contributed by atoms with Crippen molar-refractivity contribution in [1.29, 1.82) is 0 Å². The highest BCUT2D eigenvalue weighted by Gasteiger charge is 2.14. The van der Waals surface area contributed by atoms with Gasteiger partial charge in [0.15, 0.2) is 25.1 Å². The fraction of sp³-hybridized carbons (Fsp3) is 0. The number of para-hydroxylation sites is 4. The first-order chi connectivity index (χ1) is 33.0. The number of halogens is 1. The van der Waals surface area contributed by atoms with Gasteiger partial charge in [-0.3, -0.25) is 29.3 Å². The lowest BCUT2D eigenvalue weighted by Crippen LogP contribution is -1.89. The van der Waals surface area contributed by atoms with Crippen molar-refractivity contribution in [3.05, 3.63) is 232 Å². The fourth-order valence-corrected chi connectivity index (χ4v) is 7.25. The topological polar surface area (TPSA) is 192 Å². The molecule has 0 aliphatic rings. The molecule has 336 valence electrons. The molecule has 12 heteroatoms. The molecule has 0 atom stereocenters. The molecule has 11 nitrogen and oxygen atoms in total. The highest BCUT2D eigenvalue weighted by Crippen LogP contribution is 2.37. The zero-order valence-electron chi connectivity index (χ0n) is 35.8. The molecule has 0 aliphatic heterocycles. The molecular formula is C56H40ClNO10. The van der Waals surface area contributed by atoms with Crippen LogP contribution in [0.5, 0.6) is 23.0 Å². The third-order valence-electron chi connectivity index (χ3n) is 10.4. The van der Waals surface area contributed by atoms with Crippen molar-refractivity contribution in [2.75, 3.05) is 0 Å². The van der Waals surface area contributed by atoms with Gasteiger partial charge in [-0.05, 0) is 69.4 Å². The summed E-state index contributed by atoms with van der Waals surface area (Å²) in [6.45, 7) is 0. The molecule has 9 aromatic rings. The van der Waals surface area contributed by atoms with Crippen LogP contribution in [0, 0.1) is 10.1 Å². The van der Waals surface area contributed by atoms with Gasteiger partial charge in [-0.1, -0.05) is 157 Å². The number of nitro groups is 1. The van der Waals surface area contributed by atoms with Gasteiger partial charge in [0.25, 0.3) is 5.69 Å². The lowest BCUT2D eigenvalue weighted by Gasteiger charge is -2.09. The molecular weight excluding hydrogens is 882 g/mol. The zero-order valence-corrected chi connectivity index (χ0v) is 36.6. The van der Waals surface area contributed by atoms with E-state index in [0.29, 0.717) is 69.1 Å². The summed E-state index contributed by atoms with van der Waals surface area (Å²) in [5.74, 6) is -0.111. The van der Waals surface area contributed by atoms with Gasteiger partial charge >= 0.3 is 0 Å². The van der Waals surface area contributed by atoms with Crippen molar-refractivity contribution in [1.82, 2.24) is 0 Å². The van der Waals surface area contributed by atoms with Crippen LogP contribution in [0.4, 0.5) is 5.69 Å². The summed E-state index contributed by atoms with van der Waals surface area (Å²) in [5.41, 5.74) is 6.45. The Bertz CT molecular complexity index is 3260. The Hall–Kier alpha value is -9.19. The van der Waals surface area contributed by atoms with E-state index < -0.39 is 4.92 Å². The molecule has 0 aliphatic carbocycles. The average molecular weight is 922 g/mol. The van der Waals surface area contributed by atoms with Gasteiger partial charge in [0.05, 0.1) is 27.2 Å². The lowest BCUT2D eigenvalue weighted by atomic mass is 9.96. The molecule has 0 bridgehead atoms. The number of phenolic OH excluding ortho intramolecular Hbond substituents is 4. The smallest absolute Gasteiger partial charge is 0.270 e. The number of benzene rings is 9. The second kappa shape index (κ2) is 23.1.